The average molecular weight is 206 g/mol. The van der Waals surface area contributed by atoms with E-state index in [9.17, 15) is 4.79 Å². The topological polar surface area (TPSA) is 52.6 Å². The predicted octanol–water partition coefficient (Wildman–Crippen LogP) is 0.745. The van der Waals surface area contributed by atoms with E-state index < -0.39 is 0 Å². The normalized spacial score (nSPS) is 20.5. The number of carbonyl (C=O) groups is 1. The van der Waals surface area contributed by atoms with Crippen molar-refractivity contribution in [1.82, 2.24) is 10.2 Å². The van der Waals surface area contributed by atoms with Crippen LogP contribution in [0.3, 0.4) is 0 Å². The molecule has 4 nitrogen and oxygen atoms in total. The summed E-state index contributed by atoms with van der Waals surface area (Å²) in [5.41, 5.74) is 1.10. The summed E-state index contributed by atoms with van der Waals surface area (Å²) >= 11 is 0. The number of aliphatic hydroxyl groups is 1. The Morgan fingerprint density at radius 3 is 2.80 bits per heavy atom. The van der Waals surface area contributed by atoms with Crippen LogP contribution in [0.1, 0.15) is 11.6 Å². The number of carbonyl (C=O) groups excluding carboxylic acids is 1. The quantitative estimate of drug-likeness (QED) is 0.766. The van der Waals surface area contributed by atoms with Gasteiger partial charge in [0.05, 0.1) is 12.6 Å². The van der Waals surface area contributed by atoms with Crippen LogP contribution in [-0.4, -0.2) is 35.7 Å². The summed E-state index contributed by atoms with van der Waals surface area (Å²) in [6, 6.07) is 9.79. The standard InChI is InChI=1S/C11H14N2O2/c14-7-6-13-10(8-12-11(13)15)9-4-2-1-3-5-9/h1-5,10,14H,6-8H2,(H,12,15). The van der Waals surface area contributed by atoms with Crippen molar-refractivity contribution in [2.45, 2.75) is 6.04 Å². The molecule has 1 fully saturated rings. The molecule has 2 rings (SSSR count). The largest absolute Gasteiger partial charge is 0.395 e. The molecule has 1 aromatic carbocycles. The first kappa shape index (κ1) is 9.98. The van der Waals surface area contributed by atoms with Crippen LogP contribution in [0.4, 0.5) is 4.79 Å². The van der Waals surface area contributed by atoms with Gasteiger partial charge in [0.2, 0.25) is 0 Å². The van der Waals surface area contributed by atoms with E-state index in [-0.39, 0.29) is 18.7 Å². The fourth-order valence-corrected chi connectivity index (χ4v) is 1.88. The zero-order chi connectivity index (χ0) is 10.7. The Bertz CT molecular complexity index is 340. The molecule has 0 aromatic heterocycles. The molecule has 15 heavy (non-hydrogen) atoms. The zero-order valence-electron chi connectivity index (χ0n) is 8.39. The first-order valence-corrected chi connectivity index (χ1v) is 5.03. The van der Waals surface area contributed by atoms with Crippen molar-refractivity contribution in [1.29, 1.82) is 0 Å². The van der Waals surface area contributed by atoms with E-state index in [4.69, 9.17) is 5.11 Å². The summed E-state index contributed by atoms with van der Waals surface area (Å²) in [5.74, 6) is 0. The van der Waals surface area contributed by atoms with Crippen LogP contribution in [-0.2, 0) is 0 Å². The smallest absolute Gasteiger partial charge is 0.318 e. The third-order valence-electron chi connectivity index (χ3n) is 2.61. The molecule has 1 unspecified atom stereocenters. The molecule has 4 heteroatoms. The Kier molecular flexibility index (Phi) is 2.87. The summed E-state index contributed by atoms with van der Waals surface area (Å²) in [7, 11) is 0. The first-order chi connectivity index (χ1) is 7.33. The minimum atomic E-state index is -0.0992. The number of urea groups is 1. The van der Waals surface area contributed by atoms with Crippen LogP contribution in [0.2, 0.25) is 0 Å². The third kappa shape index (κ3) is 1.94. The van der Waals surface area contributed by atoms with Gasteiger partial charge in [-0.1, -0.05) is 30.3 Å². The highest BCUT2D eigenvalue weighted by molar-refractivity contribution is 5.77. The van der Waals surface area contributed by atoms with E-state index in [1.807, 2.05) is 30.3 Å². The van der Waals surface area contributed by atoms with Gasteiger partial charge in [-0.3, -0.25) is 0 Å². The minimum Gasteiger partial charge on any atom is -0.395 e. The highest BCUT2D eigenvalue weighted by Gasteiger charge is 2.30. The van der Waals surface area contributed by atoms with E-state index >= 15 is 0 Å². The van der Waals surface area contributed by atoms with Crippen LogP contribution < -0.4 is 5.32 Å². The van der Waals surface area contributed by atoms with Crippen LogP contribution in [0, 0.1) is 0 Å². The molecular formula is C11H14N2O2. The molecule has 1 aromatic rings. The fraction of sp³-hybridized carbons (Fsp3) is 0.364. The Hall–Kier alpha value is -1.55. The van der Waals surface area contributed by atoms with Crippen LogP contribution >= 0.6 is 0 Å². The lowest BCUT2D eigenvalue weighted by Crippen LogP contribution is -2.32. The molecule has 0 bridgehead atoms. The number of nitrogens with one attached hydrogen (secondary N) is 1. The maximum Gasteiger partial charge on any atom is 0.318 e. The molecule has 1 aliphatic heterocycles. The number of β-amino-alcohol motifs (C(OH)–C–C–N with tert-alkyl or cyclic N) is 1. The average Bonchev–Trinajstić information content (AvgIpc) is 2.63. The summed E-state index contributed by atoms with van der Waals surface area (Å²) in [5, 5.41) is 11.7. The summed E-state index contributed by atoms with van der Waals surface area (Å²) in [6.45, 7) is 0.991. The van der Waals surface area contributed by atoms with E-state index in [1.54, 1.807) is 4.90 Å². The van der Waals surface area contributed by atoms with Gasteiger partial charge < -0.3 is 15.3 Å². The predicted molar refractivity (Wildman–Crippen MR) is 56.4 cm³/mol. The number of nitrogens with zero attached hydrogens (tertiary/aromatic N) is 1. The van der Waals surface area contributed by atoms with Crippen LogP contribution in [0.15, 0.2) is 30.3 Å². The summed E-state index contributed by atoms with van der Waals surface area (Å²) in [4.78, 5) is 13.1. The van der Waals surface area contributed by atoms with Gasteiger partial charge in [-0.15, -0.1) is 0 Å². The molecule has 2 amide bonds. The van der Waals surface area contributed by atoms with Crippen molar-refractivity contribution in [3.63, 3.8) is 0 Å². The minimum absolute atomic E-state index is 0.00322. The Morgan fingerprint density at radius 1 is 1.40 bits per heavy atom. The number of hydrogen-bond acceptors (Lipinski definition) is 2. The van der Waals surface area contributed by atoms with Gasteiger partial charge in [0.15, 0.2) is 0 Å². The van der Waals surface area contributed by atoms with Crippen LogP contribution in [0.25, 0.3) is 0 Å². The Labute approximate surface area is 88.5 Å². The molecule has 1 saturated heterocycles. The zero-order valence-corrected chi connectivity index (χ0v) is 8.39. The van der Waals surface area contributed by atoms with Gasteiger partial charge in [-0.25, -0.2) is 4.79 Å². The van der Waals surface area contributed by atoms with Gasteiger partial charge in [0.25, 0.3) is 0 Å². The third-order valence-corrected chi connectivity index (χ3v) is 2.61. The number of hydrogen-bond donors (Lipinski definition) is 2. The molecule has 0 aliphatic carbocycles. The highest BCUT2D eigenvalue weighted by Crippen LogP contribution is 2.23. The molecule has 1 aliphatic rings. The lowest BCUT2D eigenvalue weighted by molar-refractivity contribution is 0.179. The van der Waals surface area contributed by atoms with Crippen molar-refractivity contribution in [2.24, 2.45) is 0 Å². The molecular weight excluding hydrogens is 192 g/mol. The maximum atomic E-state index is 11.5. The van der Waals surface area contributed by atoms with Crippen molar-refractivity contribution < 1.29 is 9.90 Å². The summed E-state index contributed by atoms with van der Waals surface area (Å²) < 4.78 is 0. The lowest BCUT2D eigenvalue weighted by Gasteiger charge is -2.22. The number of aliphatic hydroxyl groups excluding tert-OH is 1. The monoisotopic (exact) mass is 206 g/mol. The first-order valence-electron chi connectivity index (χ1n) is 5.03. The molecule has 1 atom stereocenters. The van der Waals surface area contributed by atoms with Gasteiger partial charge in [-0.05, 0) is 5.56 Å². The van der Waals surface area contributed by atoms with E-state index in [0.29, 0.717) is 13.1 Å². The second-order valence-corrected chi connectivity index (χ2v) is 3.53. The van der Waals surface area contributed by atoms with Crippen molar-refractivity contribution >= 4 is 6.03 Å². The second-order valence-electron chi connectivity index (χ2n) is 3.53. The SMILES string of the molecule is O=C1NCC(c2ccccc2)N1CCO. The highest BCUT2D eigenvalue weighted by atomic mass is 16.3. The Morgan fingerprint density at radius 2 is 2.13 bits per heavy atom. The van der Waals surface area contributed by atoms with Gasteiger partial charge in [0.1, 0.15) is 0 Å². The lowest BCUT2D eigenvalue weighted by atomic mass is 10.1. The van der Waals surface area contributed by atoms with Crippen molar-refractivity contribution in [3.05, 3.63) is 35.9 Å². The summed E-state index contributed by atoms with van der Waals surface area (Å²) in [6.07, 6.45) is 0. The molecule has 0 spiro atoms. The maximum absolute atomic E-state index is 11.5. The van der Waals surface area contributed by atoms with Gasteiger partial charge in [-0.2, -0.15) is 0 Å². The van der Waals surface area contributed by atoms with Gasteiger partial charge in [0, 0.05) is 13.1 Å². The molecule has 2 N–H and O–H groups in total. The van der Waals surface area contributed by atoms with Gasteiger partial charge >= 0.3 is 6.03 Å². The van der Waals surface area contributed by atoms with E-state index in [1.165, 1.54) is 0 Å². The van der Waals surface area contributed by atoms with E-state index in [2.05, 4.69) is 5.32 Å². The van der Waals surface area contributed by atoms with Crippen molar-refractivity contribution in [2.75, 3.05) is 19.7 Å². The molecule has 1 heterocycles. The van der Waals surface area contributed by atoms with Crippen LogP contribution in [0.5, 0.6) is 0 Å². The van der Waals surface area contributed by atoms with E-state index in [0.717, 1.165) is 5.56 Å². The van der Waals surface area contributed by atoms with Crippen molar-refractivity contribution in [3.8, 4) is 0 Å². The molecule has 80 valence electrons. The molecule has 0 saturated carbocycles. The molecule has 0 radical (unpaired) electrons. The number of benzene rings is 1. The second kappa shape index (κ2) is 4.31. The Balaban J connectivity index is 2.18. The number of rotatable bonds is 3. The fourth-order valence-electron chi connectivity index (χ4n) is 1.88. The number of amides is 2.